The lowest BCUT2D eigenvalue weighted by Gasteiger charge is -2.07. The molecule has 0 aliphatic heterocycles. The number of para-hydroxylation sites is 1. The number of amides is 1. The smallest absolute Gasteiger partial charge is 0.249 e. The zero-order valence-corrected chi connectivity index (χ0v) is 17.5. The first-order chi connectivity index (χ1) is 14.2. The highest BCUT2D eigenvalue weighted by atomic mass is 32.1. The van der Waals surface area contributed by atoms with Crippen molar-refractivity contribution < 1.29 is 14.3 Å². The monoisotopic (exact) mass is 422 g/mol. The summed E-state index contributed by atoms with van der Waals surface area (Å²) in [5.41, 5.74) is 2.74. The number of thiophene rings is 1. The van der Waals surface area contributed by atoms with E-state index in [1.807, 2.05) is 47.8 Å². The summed E-state index contributed by atoms with van der Waals surface area (Å²) in [4.78, 5) is 17.1. The molecule has 2 heterocycles. The standard InChI is InChI=1S/C22H18N2O3S2/c1-26-17-9-7-14(13-18(17)27-2)8-10-20(25)24-21-15(11-12-28-21)22-23-16-5-3-4-6-19(16)29-22/h3-13H,1-2H3,(H,24,25). The molecule has 4 aromatic rings. The van der Waals surface area contributed by atoms with E-state index in [-0.39, 0.29) is 5.91 Å². The van der Waals surface area contributed by atoms with Crippen molar-refractivity contribution in [1.82, 2.24) is 4.98 Å². The van der Waals surface area contributed by atoms with Crippen LogP contribution in [0.2, 0.25) is 0 Å². The molecule has 0 spiro atoms. The summed E-state index contributed by atoms with van der Waals surface area (Å²) in [5.74, 6) is 1.06. The number of thiazole rings is 1. The van der Waals surface area contributed by atoms with Crippen molar-refractivity contribution in [3.8, 4) is 22.1 Å². The average molecular weight is 423 g/mol. The van der Waals surface area contributed by atoms with Gasteiger partial charge in [-0.05, 0) is 47.4 Å². The molecule has 0 bridgehead atoms. The molecule has 5 nitrogen and oxygen atoms in total. The highest BCUT2D eigenvalue weighted by Gasteiger charge is 2.13. The van der Waals surface area contributed by atoms with Crippen LogP contribution in [0.3, 0.4) is 0 Å². The van der Waals surface area contributed by atoms with E-state index in [1.54, 1.807) is 37.7 Å². The molecule has 1 amide bonds. The predicted octanol–water partition coefficient (Wildman–Crippen LogP) is 5.69. The average Bonchev–Trinajstić information content (AvgIpc) is 3.38. The maximum absolute atomic E-state index is 12.5. The summed E-state index contributed by atoms with van der Waals surface area (Å²) < 4.78 is 11.7. The summed E-state index contributed by atoms with van der Waals surface area (Å²) in [6, 6.07) is 15.5. The Morgan fingerprint density at radius 2 is 1.90 bits per heavy atom. The second-order valence-corrected chi connectivity index (χ2v) is 8.03. The van der Waals surface area contributed by atoms with Crippen molar-refractivity contribution >= 4 is 49.9 Å². The second kappa shape index (κ2) is 8.46. The molecule has 4 rings (SSSR count). The van der Waals surface area contributed by atoms with E-state index in [2.05, 4.69) is 10.3 Å². The Morgan fingerprint density at radius 3 is 2.69 bits per heavy atom. The van der Waals surface area contributed by atoms with Crippen molar-refractivity contribution in [2.75, 3.05) is 19.5 Å². The van der Waals surface area contributed by atoms with Gasteiger partial charge < -0.3 is 14.8 Å². The molecule has 29 heavy (non-hydrogen) atoms. The van der Waals surface area contributed by atoms with Gasteiger partial charge in [-0.2, -0.15) is 0 Å². The fraction of sp³-hybridized carbons (Fsp3) is 0.0909. The van der Waals surface area contributed by atoms with Crippen LogP contribution in [-0.4, -0.2) is 25.1 Å². The van der Waals surface area contributed by atoms with Crippen LogP contribution in [0.5, 0.6) is 11.5 Å². The van der Waals surface area contributed by atoms with Crippen LogP contribution >= 0.6 is 22.7 Å². The molecule has 0 aliphatic carbocycles. The van der Waals surface area contributed by atoms with Gasteiger partial charge in [0.05, 0.1) is 24.4 Å². The topological polar surface area (TPSA) is 60.5 Å². The van der Waals surface area contributed by atoms with Crippen molar-refractivity contribution in [2.24, 2.45) is 0 Å². The molecule has 0 aliphatic rings. The normalized spacial score (nSPS) is 11.1. The maximum atomic E-state index is 12.5. The molecule has 0 atom stereocenters. The Balaban J connectivity index is 1.51. The van der Waals surface area contributed by atoms with Gasteiger partial charge in [-0.25, -0.2) is 4.98 Å². The first-order valence-electron chi connectivity index (χ1n) is 8.82. The minimum absolute atomic E-state index is 0.204. The van der Waals surface area contributed by atoms with Gasteiger partial charge in [0, 0.05) is 11.6 Å². The quantitative estimate of drug-likeness (QED) is 0.405. The first kappa shape index (κ1) is 19.2. The van der Waals surface area contributed by atoms with Crippen molar-refractivity contribution in [3.05, 3.63) is 65.6 Å². The highest BCUT2D eigenvalue weighted by Crippen LogP contribution is 2.37. The van der Waals surface area contributed by atoms with Gasteiger partial charge in [-0.15, -0.1) is 22.7 Å². The lowest BCUT2D eigenvalue weighted by Crippen LogP contribution is -2.07. The molecule has 1 N–H and O–H groups in total. The molecule has 2 aromatic heterocycles. The van der Waals surface area contributed by atoms with E-state index < -0.39 is 0 Å². The summed E-state index contributed by atoms with van der Waals surface area (Å²) in [5, 5.41) is 6.59. The van der Waals surface area contributed by atoms with Crippen LogP contribution < -0.4 is 14.8 Å². The largest absolute Gasteiger partial charge is 0.493 e. The predicted molar refractivity (Wildman–Crippen MR) is 120 cm³/mol. The Labute approximate surface area is 176 Å². The van der Waals surface area contributed by atoms with Gasteiger partial charge in [0.1, 0.15) is 10.0 Å². The van der Waals surface area contributed by atoms with E-state index in [9.17, 15) is 4.79 Å². The third-order valence-corrected chi connectivity index (χ3v) is 6.16. The molecule has 0 saturated carbocycles. The fourth-order valence-corrected chi connectivity index (χ4v) is 4.70. The summed E-state index contributed by atoms with van der Waals surface area (Å²) >= 11 is 3.09. The lowest BCUT2D eigenvalue weighted by atomic mass is 10.2. The first-order valence-corrected chi connectivity index (χ1v) is 10.5. The zero-order chi connectivity index (χ0) is 20.2. The van der Waals surface area contributed by atoms with Gasteiger partial charge in [0.25, 0.3) is 0 Å². The molecule has 0 radical (unpaired) electrons. The Morgan fingerprint density at radius 1 is 1.07 bits per heavy atom. The number of benzene rings is 2. The highest BCUT2D eigenvalue weighted by molar-refractivity contribution is 7.22. The number of anilines is 1. The Hall–Kier alpha value is -3.16. The molecule has 0 fully saturated rings. The number of aromatic nitrogens is 1. The Kier molecular flexibility index (Phi) is 5.59. The van der Waals surface area contributed by atoms with Gasteiger partial charge in [0.15, 0.2) is 11.5 Å². The number of nitrogens with one attached hydrogen (secondary N) is 1. The van der Waals surface area contributed by atoms with E-state index in [0.29, 0.717) is 11.5 Å². The maximum Gasteiger partial charge on any atom is 0.249 e. The summed E-state index contributed by atoms with van der Waals surface area (Å²) in [6.07, 6.45) is 3.24. The van der Waals surface area contributed by atoms with Crippen LogP contribution in [0.15, 0.2) is 60.0 Å². The van der Waals surface area contributed by atoms with E-state index >= 15 is 0 Å². The van der Waals surface area contributed by atoms with E-state index in [1.165, 1.54) is 17.4 Å². The van der Waals surface area contributed by atoms with Gasteiger partial charge in [0.2, 0.25) is 5.91 Å². The van der Waals surface area contributed by atoms with Gasteiger partial charge in [-0.3, -0.25) is 4.79 Å². The number of hydrogen-bond donors (Lipinski definition) is 1. The SMILES string of the molecule is COc1ccc(C=CC(=O)Nc2sccc2-c2nc3ccccc3s2)cc1OC. The Bertz CT molecular complexity index is 1160. The lowest BCUT2D eigenvalue weighted by molar-refractivity contribution is -0.111. The molecule has 0 saturated heterocycles. The van der Waals surface area contributed by atoms with E-state index in [0.717, 1.165) is 31.4 Å². The number of ether oxygens (including phenoxy) is 2. The van der Waals surface area contributed by atoms with Gasteiger partial charge in [-0.1, -0.05) is 18.2 Å². The van der Waals surface area contributed by atoms with Gasteiger partial charge >= 0.3 is 0 Å². The zero-order valence-electron chi connectivity index (χ0n) is 15.8. The van der Waals surface area contributed by atoms with Crippen molar-refractivity contribution in [1.29, 1.82) is 0 Å². The third-order valence-electron chi connectivity index (χ3n) is 4.26. The molecule has 146 valence electrons. The number of hydrogen-bond acceptors (Lipinski definition) is 6. The minimum atomic E-state index is -0.204. The van der Waals surface area contributed by atoms with Crippen LogP contribution in [0.1, 0.15) is 5.56 Å². The number of nitrogens with zero attached hydrogens (tertiary/aromatic N) is 1. The van der Waals surface area contributed by atoms with Crippen LogP contribution in [0.4, 0.5) is 5.00 Å². The van der Waals surface area contributed by atoms with E-state index in [4.69, 9.17) is 9.47 Å². The minimum Gasteiger partial charge on any atom is -0.493 e. The third kappa shape index (κ3) is 4.16. The van der Waals surface area contributed by atoms with Crippen LogP contribution in [0.25, 0.3) is 26.9 Å². The molecular weight excluding hydrogens is 404 g/mol. The molecule has 7 heteroatoms. The fourth-order valence-electron chi connectivity index (χ4n) is 2.84. The number of fused-ring (bicyclic) bond motifs is 1. The molecule has 2 aromatic carbocycles. The van der Waals surface area contributed by atoms with Crippen molar-refractivity contribution in [3.63, 3.8) is 0 Å². The number of rotatable bonds is 6. The van der Waals surface area contributed by atoms with Crippen molar-refractivity contribution in [2.45, 2.75) is 0 Å². The number of carbonyl (C=O) groups excluding carboxylic acids is 1. The number of methoxy groups -OCH3 is 2. The molecular formula is C22H18N2O3S2. The summed E-state index contributed by atoms with van der Waals surface area (Å²) in [7, 11) is 3.17. The van der Waals surface area contributed by atoms with Crippen LogP contribution in [0, 0.1) is 0 Å². The second-order valence-electron chi connectivity index (χ2n) is 6.09. The summed E-state index contributed by atoms with van der Waals surface area (Å²) in [6.45, 7) is 0. The van der Waals surface area contributed by atoms with Crippen LogP contribution in [-0.2, 0) is 4.79 Å². The molecule has 0 unspecified atom stereocenters. The number of carbonyl (C=O) groups is 1.